The fourth-order valence-corrected chi connectivity index (χ4v) is 4.02. The zero-order chi connectivity index (χ0) is 19.6. The molecular formula is C22H25N5O. The molecule has 3 aliphatic rings. The van der Waals surface area contributed by atoms with Crippen molar-refractivity contribution < 1.29 is 4.79 Å². The van der Waals surface area contributed by atoms with E-state index in [1.54, 1.807) is 0 Å². The Morgan fingerprint density at radius 2 is 1.96 bits per heavy atom. The van der Waals surface area contributed by atoms with Crippen LogP contribution in [0.25, 0.3) is 17.1 Å². The molecule has 1 aliphatic carbocycles. The van der Waals surface area contributed by atoms with E-state index in [1.807, 2.05) is 48.1 Å². The molecule has 2 aliphatic heterocycles. The van der Waals surface area contributed by atoms with Gasteiger partial charge in [0.25, 0.3) is 0 Å². The van der Waals surface area contributed by atoms with Crippen molar-refractivity contribution in [1.82, 2.24) is 19.4 Å². The molecule has 0 unspecified atom stereocenters. The standard InChI is InChI=1S/C22H25N5O/c1-14-9-16(7-8-25(14)4)26-12-19(24-13-26)18-10-20-17(11-23-18)22(2,3)21(28)27(20)15-5-6-15/h7,9-13,15H,5-6,8H2,1-4H3. The van der Waals surface area contributed by atoms with Crippen LogP contribution >= 0.6 is 0 Å². The average Bonchev–Trinajstić information content (AvgIpc) is 3.33. The maximum Gasteiger partial charge on any atom is 0.237 e. The number of carbonyl (C=O) groups excluding carboxylic acids is 1. The summed E-state index contributed by atoms with van der Waals surface area (Å²) in [7, 11) is 2.08. The smallest absolute Gasteiger partial charge is 0.237 e. The van der Waals surface area contributed by atoms with Crippen LogP contribution in [0.1, 0.15) is 39.2 Å². The highest BCUT2D eigenvalue weighted by Gasteiger charge is 2.49. The van der Waals surface area contributed by atoms with Gasteiger partial charge < -0.3 is 14.4 Å². The first-order valence-electron chi connectivity index (χ1n) is 9.85. The van der Waals surface area contributed by atoms with Gasteiger partial charge in [0, 0.05) is 49.0 Å². The molecule has 2 aromatic heterocycles. The molecule has 0 N–H and O–H groups in total. The van der Waals surface area contributed by atoms with Crippen molar-refractivity contribution in [2.45, 2.75) is 45.1 Å². The maximum absolute atomic E-state index is 12.9. The van der Waals surface area contributed by atoms with E-state index < -0.39 is 5.41 Å². The number of rotatable bonds is 3. The summed E-state index contributed by atoms with van der Waals surface area (Å²) < 4.78 is 2.04. The molecule has 1 fully saturated rings. The Kier molecular flexibility index (Phi) is 3.57. The lowest BCUT2D eigenvalue weighted by Gasteiger charge is -2.23. The van der Waals surface area contributed by atoms with Crippen LogP contribution < -0.4 is 4.90 Å². The van der Waals surface area contributed by atoms with E-state index in [9.17, 15) is 4.79 Å². The number of amides is 1. The van der Waals surface area contributed by atoms with Gasteiger partial charge in [-0.2, -0.15) is 0 Å². The van der Waals surface area contributed by atoms with Crippen molar-refractivity contribution in [2.24, 2.45) is 0 Å². The third-order valence-electron chi connectivity index (χ3n) is 6.16. The molecule has 0 spiro atoms. The summed E-state index contributed by atoms with van der Waals surface area (Å²) in [5.74, 6) is 0.187. The van der Waals surface area contributed by atoms with Gasteiger partial charge in [-0.05, 0) is 51.8 Å². The number of pyridine rings is 1. The summed E-state index contributed by atoms with van der Waals surface area (Å²) in [6.07, 6.45) is 12.2. The SMILES string of the molecule is CC1=CC(n2cnc(-c3cc4c(cn3)C(C)(C)C(=O)N4C3CC3)c2)=CCN1C. The Bertz CT molecular complexity index is 1040. The van der Waals surface area contributed by atoms with E-state index in [0.29, 0.717) is 6.04 Å². The monoisotopic (exact) mass is 375 g/mol. The van der Waals surface area contributed by atoms with Gasteiger partial charge in [-0.1, -0.05) is 0 Å². The van der Waals surface area contributed by atoms with Gasteiger partial charge in [0.15, 0.2) is 0 Å². The number of hydrogen-bond acceptors (Lipinski definition) is 4. The summed E-state index contributed by atoms with van der Waals surface area (Å²) in [5.41, 5.74) is 5.49. The lowest BCUT2D eigenvalue weighted by atomic mass is 9.87. The normalized spacial score (nSPS) is 20.9. The number of fused-ring (bicyclic) bond motifs is 1. The molecule has 4 heterocycles. The van der Waals surface area contributed by atoms with Crippen LogP contribution in [0.3, 0.4) is 0 Å². The minimum Gasteiger partial charge on any atom is -0.374 e. The van der Waals surface area contributed by atoms with Crippen molar-refractivity contribution in [3.8, 4) is 11.4 Å². The number of likely N-dealkylation sites (N-methyl/N-ethyl adjacent to an activating group) is 1. The molecule has 0 saturated heterocycles. The molecule has 1 amide bonds. The number of nitrogens with zero attached hydrogens (tertiary/aromatic N) is 5. The average molecular weight is 375 g/mol. The number of allylic oxidation sites excluding steroid dienone is 3. The third-order valence-corrected chi connectivity index (χ3v) is 6.16. The van der Waals surface area contributed by atoms with Gasteiger partial charge in [0.05, 0.1) is 23.1 Å². The number of imidazole rings is 1. The van der Waals surface area contributed by atoms with E-state index in [4.69, 9.17) is 0 Å². The molecule has 0 aromatic carbocycles. The van der Waals surface area contributed by atoms with Gasteiger partial charge in [-0.3, -0.25) is 9.78 Å². The lowest BCUT2D eigenvalue weighted by molar-refractivity contribution is -0.122. The second-order valence-corrected chi connectivity index (χ2v) is 8.58. The number of hydrogen-bond donors (Lipinski definition) is 0. The van der Waals surface area contributed by atoms with Gasteiger partial charge >= 0.3 is 0 Å². The number of carbonyl (C=O) groups is 1. The number of anilines is 1. The predicted molar refractivity (Wildman–Crippen MR) is 110 cm³/mol. The van der Waals surface area contributed by atoms with Crippen molar-refractivity contribution in [1.29, 1.82) is 0 Å². The highest BCUT2D eigenvalue weighted by Crippen LogP contribution is 2.47. The Labute approximate surface area is 165 Å². The van der Waals surface area contributed by atoms with E-state index >= 15 is 0 Å². The summed E-state index contributed by atoms with van der Waals surface area (Å²) in [6, 6.07) is 2.38. The zero-order valence-corrected chi connectivity index (χ0v) is 16.8. The topological polar surface area (TPSA) is 54.3 Å². The first kappa shape index (κ1) is 17.2. The third kappa shape index (κ3) is 2.51. The van der Waals surface area contributed by atoms with Gasteiger partial charge in [-0.15, -0.1) is 0 Å². The van der Waals surface area contributed by atoms with E-state index in [2.05, 4.69) is 41.0 Å². The van der Waals surface area contributed by atoms with Crippen molar-refractivity contribution in [2.75, 3.05) is 18.5 Å². The Morgan fingerprint density at radius 3 is 2.68 bits per heavy atom. The first-order chi connectivity index (χ1) is 13.4. The predicted octanol–water partition coefficient (Wildman–Crippen LogP) is 3.42. The van der Waals surface area contributed by atoms with Crippen molar-refractivity contribution in [3.05, 3.63) is 48.2 Å². The molecule has 5 rings (SSSR count). The van der Waals surface area contributed by atoms with Crippen LogP contribution in [0.5, 0.6) is 0 Å². The quantitative estimate of drug-likeness (QED) is 0.825. The second-order valence-electron chi connectivity index (χ2n) is 8.58. The molecule has 0 atom stereocenters. The highest BCUT2D eigenvalue weighted by molar-refractivity contribution is 6.08. The summed E-state index contributed by atoms with van der Waals surface area (Å²) in [6.45, 7) is 6.98. The zero-order valence-electron chi connectivity index (χ0n) is 16.8. The van der Waals surface area contributed by atoms with E-state index in [1.165, 1.54) is 5.70 Å². The summed E-state index contributed by atoms with van der Waals surface area (Å²) in [4.78, 5) is 26.4. The molecule has 0 bridgehead atoms. The van der Waals surface area contributed by atoms with Crippen LogP contribution in [0.4, 0.5) is 5.69 Å². The van der Waals surface area contributed by atoms with Gasteiger partial charge in [-0.25, -0.2) is 4.98 Å². The summed E-state index contributed by atoms with van der Waals surface area (Å²) in [5, 5.41) is 0. The molecule has 6 heteroatoms. The van der Waals surface area contributed by atoms with Crippen molar-refractivity contribution >= 4 is 17.3 Å². The first-order valence-corrected chi connectivity index (χ1v) is 9.85. The molecule has 28 heavy (non-hydrogen) atoms. The van der Waals surface area contributed by atoms with Crippen LogP contribution in [-0.2, 0) is 10.2 Å². The Morgan fingerprint density at radius 1 is 1.18 bits per heavy atom. The maximum atomic E-state index is 12.9. The molecule has 6 nitrogen and oxygen atoms in total. The van der Waals surface area contributed by atoms with Gasteiger partial charge in [0.2, 0.25) is 5.91 Å². The highest BCUT2D eigenvalue weighted by atomic mass is 16.2. The minimum atomic E-state index is -0.510. The van der Waals surface area contributed by atoms with Crippen LogP contribution in [0, 0.1) is 0 Å². The largest absolute Gasteiger partial charge is 0.374 e. The molecule has 2 aromatic rings. The molecule has 0 radical (unpaired) electrons. The molecule has 1 saturated carbocycles. The van der Waals surface area contributed by atoms with Crippen LogP contribution in [0.2, 0.25) is 0 Å². The van der Waals surface area contributed by atoms with Crippen LogP contribution in [0.15, 0.2) is 42.6 Å². The lowest BCUT2D eigenvalue weighted by Crippen LogP contribution is -2.37. The van der Waals surface area contributed by atoms with E-state index in [-0.39, 0.29) is 5.91 Å². The Hall–Kier alpha value is -2.89. The Balaban J connectivity index is 1.51. The fraction of sp³-hybridized carbons (Fsp3) is 0.409. The van der Waals surface area contributed by atoms with Crippen LogP contribution in [-0.4, -0.2) is 45.0 Å². The molecule has 144 valence electrons. The van der Waals surface area contributed by atoms with Gasteiger partial charge in [0.1, 0.15) is 5.69 Å². The second kappa shape index (κ2) is 5.80. The fourth-order valence-electron chi connectivity index (χ4n) is 4.02. The molecular weight excluding hydrogens is 350 g/mol. The van der Waals surface area contributed by atoms with E-state index in [0.717, 1.165) is 47.7 Å². The summed E-state index contributed by atoms with van der Waals surface area (Å²) >= 11 is 0. The minimum absolute atomic E-state index is 0.187. The number of aromatic nitrogens is 3. The van der Waals surface area contributed by atoms with Crippen molar-refractivity contribution in [3.63, 3.8) is 0 Å².